The van der Waals surface area contributed by atoms with E-state index in [1.165, 1.54) is 0 Å². The number of aliphatic carboxylic acids is 1. The van der Waals surface area contributed by atoms with Gasteiger partial charge in [-0.3, -0.25) is 9.59 Å². The fraction of sp³-hybridized carbons (Fsp3) is 0.583. The fourth-order valence-corrected chi connectivity index (χ4v) is 6.39. The second-order valence-electron chi connectivity index (χ2n) is 18.1. The van der Waals surface area contributed by atoms with E-state index in [4.69, 9.17) is 18.9 Å². The average Bonchev–Trinajstić information content (AvgIpc) is 3.31. The Labute approximate surface area is 420 Å². The van der Waals surface area contributed by atoms with E-state index in [-0.39, 0.29) is 38.6 Å². The monoisotopic (exact) mass is 959 g/mol. The van der Waals surface area contributed by atoms with Crippen molar-refractivity contribution in [3.05, 3.63) is 134 Å². The molecule has 0 fully saturated rings. The number of carboxylic acid groups (broad SMARTS) is 1. The van der Waals surface area contributed by atoms with Crippen LogP contribution in [-0.2, 0) is 33.3 Å². The molecule has 0 aromatic heterocycles. The third kappa shape index (κ3) is 51.1. The lowest BCUT2D eigenvalue weighted by Crippen LogP contribution is -2.40. The zero-order chi connectivity index (χ0) is 50.6. The lowest BCUT2D eigenvalue weighted by molar-refractivity contribution is -0.870. The lowest BCUT2D eigenvalue weighted by atomic mass is 10.1. The Hall–Kier alpha value is -4.57. The number of unbranched alkanes of at least 4 members (excludes halogenated alkanes) is 9. The summed E-state index contributed by atoms with van der Waals surface area (Å²) in [6.07, 6.45) is 68.0. The largest absolute Gasteiger partial charge is 0.477 e. The highest BCUT2D eigenvalue weighted by Gasteiger charge is 2.25. The summed E-state index contributed by atoms with van der Waals surface area (Å²) in [5, 5.41) is 9.68. The maximum absolute atomic E-state index is 12.8. The standard InChI is InChI=1S/C60H95NO8/c1-6-8-10-12-14-16-18-20-22-24-26-27-28-29-30-31-33-35-37-39-41-43-45-47-49-51-58(63)69-56(55-68-60(59(64)65)66-53-52-61(3,4)5)54-67-57(62)50-48-46-44-42-40-38-36-34-32-25-23-21-19-17-15-13-11-9-7-2/h8-11,14-17,20-23,26-27,29-30,32-35,39,41,56,60H,6-7,12-13,18-19,24-25,28,31,36-38,40,42-55H2,1-5H3/p+1/b10-8-,11-9-,16-14-,17-15-,22-20-,23-21-,27-26-,30-29-,34-32-,35-33-,41-39-. The maximum atomic E-state index is 12.8. The Kier molecular flexibility index (Phi) is 46.5. The molecule has 1 N–H and O–H groups in total. The minimum atomic E-state index is -1.53. The minimum absolute atomic E-state index is 0.170. The number of nitrogens with zero attached hydrogens (tertiary/aromatic N) is 1. The van der Waals surface area contributed by atoms with Gasteiger partial charge in [0.25, 0.3) is 6.29 Å². The molecular weight excluding hydrogens is 863 g/mol. The highest BCUT2D eigenvalue weighted by Crippen LogP contribution is 2.12. The number of carbonyl (C=O) groups is 3. The van der Waals surface area contributed by atoms with Gasteiger partial charge in [-0.2, -0.15) is 0 Å². The molecule has 69 heavy (non-hydrogen) atoms. The molecule has 388 valence electrons. The summed E-state index contributed by atoms with van der Waals surface area (Å²) in [6.45, 7) is 4.56. The topological polar surface area (TPSA) is 108 Å². The summed E-state index contributed by atoms with van der Waals surface area (Å²) in [5.41, 5.74) is 0. The van der Waals surface area contributed by atoms with Crippen LogP contribution in [0.5, 0.6) is 0 Å². The first-order valence-corrected chi connectivity index (χ1v) is 26.3. The Morgan fingerprint density at radius 2 is 0.783 bits per heavy atom. The summed E-state index contributed by atoms with van der Waals surface area (Å²) in [4.78, 5) is 37.3. The van der Waals surface area contributed by atoms with Gasteiger partial charge in [0, 0.05) is 12.8 Å². The quantitative estimate of drug-likeness (QED) is 0.0211. The molecule has 0 aromatic carbocycles. The molecule has 0 saturated heterocycles. The number of hydrogen-bond acceptors (Lipinski definition) is 7. The predicted molar refractivity (Wildman–Crippen MR) is 290 cm³/mol. The van der Waals surface area contributed by atoms with Crippen molar-refractivity contribution in [2.45, 2.75) is 180 Å². The van der Waals surface area contributed by atoms with E-state index in [9.17, 15) is 19.5 Å². The summed E-state index contributed by atoms with van der Waals surface area (Å²) >= 11 is 0. The third-order valence-electron chi connectivity index (χ3n) is 10.4. The molecule has 2 unspecified atom stereocenters. The van der Waals surface area contributed by atoms with Crippen molar-refractivity contribution in [3.8, 4) is 0 Å². The second kappa shape index (κ2) is 49.8. The van der Waals surface area contributed by atoms with Crippen molar-refractivity contribution in [3.63, 3.8) is 0 Å². The van der Waals surface area contributed by atoms with Gasteiger partial charge in [0.05, 0.1) is 34.4 Å². The number of hydrogen-bond donors (Lipinski definition) is 1. The minimum Gasteiger partial charge on any atom is -0.477 e. The lowest BCUT2D eigenvalue weighted by Gasteiger charge is -2.25. The molecule has 9 nitrogen and oxygen atoms in total. The van der Waals surface area contributed by atoms with Crippen LogP contribution in [0.25, 0.3) is 0 Å². The number of rotatable bonds is 46. The number of likely N-dealkylation sites (N-methyl/N-ethyl adjacent to an activating group) is 1. The van der Waals surface area contributed by atoms with Crippen molar-refractivity contribution in [1.29, 1.82) is 0 Å². The Morgan fingerprint density at radius 3 is 1.17 bits per heavy atom. The molecular formula is C60H96NO8+. The van der Waals surface area contributed by atoms with Crippen molar-refractivity contribution in [2.24, 2.45) is 0 Å². The molecule has 2 atom stereocenters. The normalized spacial score (nSPS) is 13.9. The number of esters is 2. The summed E-state index contributed by atoms with van der Waals surface area (Å²) in [5.74, 6) is -2.09. The molecule has 9 heteroatoms. The SMILES string of the molecule is CC/C=C\C/C=C\C/C=C\C/C=C\C/C=C\C/C=C\C/C=C\CCCCCC(=O)OC(COC(=O)CCCCCCCC/C=C\C/C=C\C/C=C\C/C=C\CC)COC(OCC[N+](C)(C)C)C(=O)O. The maximum Gasteiger partial charge on any atom is 0.361 e. The highest BCUT2D eigenvalue weighted by molar-refractivity contribution is 5.71. The summed E-state index contributed by atoms with van der Waals surface area (Å²) in [6, 6.07) is 0. The molecule has 0 bridgehead atoms. The molecule has 0 amide bonds. The zero-order valence-corrected chi connectivity index (χ0v) is 43.9. The Bertz CT molecular complexity index is 1590. The summed E-state index contributed by atoms with van der Waals surface area (Å²) in [7, 11) is 5.93. The molecule has 0 saturated carbocycles. The zero-order valence-electron chi connectivity index (χ0n) is 43.9. The predicted octanol–water partition coefficient (Wildman–Crippen LogP) is 15.1. The van der Waals surface area contributed by atoms with Crippen molar-refractivity contribution < 1.29 is 42.9 Å². The van der Waals surface area contributed by atoms with Crippen LogP contribution < -0.4 is 0 Å². The van der Waals surface area contributed by atoms with E-state index in [2.05, 4.69) is 148 Å². The van der Waals surface area contributed by atoms with Crippen molar-refractivity contribution in [2.75, 3.05) is 47.5 Å². The van der Waals surface area contributed by atoms with Crippen LogP contribution in [0.2, 0.25) is 0 Å². The average molecular weight is 959 g/mol. The van der Waals surface area contributed by atoms with Gasteiger partial charge in [-0.25, -0.2) is 4.79 Å². The first-order valence-electron chi connectivity index (χ1n) is 26.3. The van der Waals surface area contributed by atoms with Gasteiger partial charge in [-0.1, -0.05) is 180 Å². The van der Waals surface area contributed by atoms with Gasteiger partial charge in [0.2, 0.25) is 0 Å². The molecule has 0 spiro atoms. The van der Waals surface area contributed by atoms with E-state index in [1.807, 2.05) is 21.1 Å². The van der Waals surface area contributed by atoms with E-state index in [1.54, 1.807) is 0 Å². The van der Waals surface area contributed by atoms with Crippen LogP contribution in [0.1, 0.15) is 168 Å². The Balaban J connectivity index is 4.47. The number of ether oxygens (including phenoxy) is 4. The van der Waals surface area contributed by atoms with Gasteiger partial charge in [-0.05, 0) is 109 Å². The van der Waals surface area contributed by atoms with E-state index < -0.39 is 24.3 Å². The smallest absolute Gasteiger partial charge is 0.361 e. The number of quaternary nitrogens is 1. The van der Waals surface area contributed by atoms with E-state index in [0.29, 0.717) is 17.4 Å². The molecule has 0 radical (unpaired) electrons. The van der Waals surface area contributed by atoms with Crippen LogP contribution in [0.15, 0.2) is 134 Å². The Morgan fingerprint density at radius 1 is 0.435 bits per heavy atom. The van der Waals surface area contributed by atoms with E-state index >= 15 is 0 Å². The van der Waals surface area contributed by atoms with Gasteiger partial charge in [-0.15, -0.1) is 0 Å². The van der Waals surface area contributed by atoms with Crippen LogP contribution in [0.3, 0.4) is 0 Å². The summed E-state index contributed by atoms with van der Waals surface area (Å²) < 4.78 is 22.8. The first kappa shape index (κ1) is 64.4. The molecule has 0 heterocycles. The highest BCUT2D eigenvalue weighted by atomic mass is 16.7. The molecule has 0 aliphatic rings. The van der Waals surface area contributed by atoms with Gasteiger partial charge >= 0.3 is 17.9 Å². The van der Waals surface area contributed by atoms with Crippen molar-refractivity contribution >= 4 is 17.9 Å². The molecule has 0 aromatic rings. The third-order valence-corrected chi connectivity index (χ3v) is 10.4. The van der Waals surface area contributed by atoms with Crippen LogP contribution in [0, 0.1) is 0 Å². The number of allylic oxidation sites excluding steroid dienone is 22. The van der Waals surface area contributed by atoms with Gasteiger partial charge in [0.15, 0.2) is 6.10 Å². The van der Waals surface area contributed by atoms with Crippen LogP contribution in [-0.4, -0.2) is 87.4 Å². The van der Waals surface area contributed by atoms with Gasteiger partial charge < -0.3 is 28.5 Å². The first-order chi connectivity index (χ1) is 33.6. The number of carboxylic acids is 1. The van der Waals surface area contributed by atoms with Gasteiger partial charge in [0.1, 0.15) is 13.2 Å². The van der Waals surface area contributed by atoms with Crippen LogP contribution in [0.4, 0.5) is 0 Å². The second-order valence-corrected chi connectivity index (χ2v) is 18.1. The van der Waals surface area contributed by atoms with E-state index in [0.717, 1.165) is 135 Å². The van der Waals surface area contributed by atoms with Crippen molar-refractivity contribution in [1.82, 2.24) is 0 Å². The molecule has 0 rings (SSSR count). The molecule has 0 aliphatic heterocycles. The number of carbonyl (C=O) groups excluding carboxylic acids is 2. The fourth-order valence-electron chi connectivity index (χ4n) is 6.39. The molecule has 0 aliphatic carbocycles. The van der Waals surface area contributed by atoms with Crippen LogP contribution >= 0.6 is 0 Å².